The van der Waals surface area contributed by atoms with Gasteiger partial charge in [-0.15, -0.1) is 10.2 Å². The van der Waals surface area contributed by atoms with E-state index in [9.17, 15) is 9.59 Å². The fraction of sp³-hybridized carbons (Fsp3) is 0.400. The predicted molar refractivity (Wildman–Crippen MR) is 91.5 cm³/mol. The van der Waals surface area contributed by atoms with Crippen LogP contribution in [0.3, 0.4) is 0 Å². The van der Waals surface area contributed by atoms with Crippen LogP contribution >= 0.6 is 11.8 Å². The summed E-state index contributed by atoms with van der Waals surface area (Å²) in [4.78, 5) is 24.4. The van der Waals surface area contributed by atoms with E-state index in [4.69, 9.17) is 4.74 Å². The van der Waals surface area contributed by atoms with Crippen molar-refractivity contribution in [3.8, 4) is 0 Å². The van der Waals surface area contributed by atoms with Gasteiger partial charge in [0.1, 0.15) is 5.52 Å². The molecule has 0 spiro atoms. The number of hydrogen-bond acceptors (Lipinski definition) is 7. The van der Waals surface area contributed by atoms with Gasteiger partial charge < -0.3 is 4.74 Å². The zero-order valence-electron chi connectivity index (χ0n) is 13.3. The minimum absolute atomic E-state index is 0.0258. The van der Waals surface area contributed by atoms with E-state index < -0.39 is 0 Å². The SMILES string of the molecule is O=c1c2ccccc2nnn1CSc1n[nH]c(=O)n1C[C@@H]1CCCO1. The highest BCUT2D eigenvalue weighted by Crippen LogP contribution is 2.18. The Morgan fingerprint density at radius 3 is 3.04 bits per heavy atom. The van der Waals surface area contributed by atoms with Crippen molar-refractivity contribution in [1.29, 1.82) is 0 Å². The number of aromatic nitrogens is 6. The summed E-state index contributed by atoms with van der Waals surface area (Å²) in [5.41, 5.74) is 0.0559. The minimum Gasteiger partial charge on any atom is -0.376 e. The Morgan fingerprint density at radius 2 is 2.20 bits per heavy atom. The van der Waals surface area contributed by atoms with Crippen LogP contribution in [0, 0.1) is 0 Å². The summed E-state index contributed by atoms with van der Waals surface area (Å²) in [6, 6.07) is 7.06. The molecule has 0 unspecified atom stereocenters. The maximum absolute atomic E-state index is 12.4. The van der Waals surface area contributed by atoms with Gasteiger partial charge in [0, 0.05) is 6.61 Å². The lowest BCUT2D eigenvalue weighted by atomic mass is 10.2. The third-order valence-corrected chi connectivity index (χ3v) is 5.02. The van der Waals surface area contributed by atoms with Crippen molar-refractivity contribution in [1.82, 2.24) is 29.8 Å². The Balaban J connectivity index is 1.55. The number of nitrogens with zero attached hydrogens (tertiary/aromatic N) is 5. The Hall–Kier alpha value is -2.46. The number of thioether (sulfide) groups is 1. The topological polar surface area (TPSA) is 108 Å². The Labute approximate surface area is 146 Å². The van der Waals surface area contributed by atoms with Crippen molar-refractivity contribution in [2.45, 2.75) is 36.5 Å². The van der Waals surface area contributed by atoms with Crippen LogP contribution in [0.2, 0.25) is 0 Å². The quantitative estimate of drug-likeness (QED) is 0.664. The maximum atomic E-state index is 12.4. The first-order valence-electron chi connectivity index (χ1n) is 7.94. The van der Waals surface area contributed by atoms with Crippen molar-refractivity contribution < 1.29 is 4.74 Å². The Morgan fingerprint density at radius 1 is 1.32 bits per heavy atom. The molecule has 0 amide bonds. The molecule has 4 rings (SSSR count). The van der Waals surface area contributed by atoms with Crippen molar-refractivity contribution in [2.24, 2.45) is 0 Å². The standard InChI is InChI=1S/C15H16N6O3S/c22-13-11-5-1-2-6-12(11)16-19-21(13)9-25-15-18-17-14(23)20(15)8-10-4-3-7-24-10/h1-2,5-6,10H,3-4,7-9H2,(H,17,23)/t10-/m0/s1. The van der Waals surface area contributed by atoms with E-state index in [1.54, 1.807) is 22.8 Å². The van der Waals surface area contributed by atoms with Crippen LogP contribution in [0.4, 0.5) is 0 Å². The number of H-pyrrole nitrogens is 1. The molecule has 1 aliphatic rings. The third-order valence-electron chi connectivity index (χ3n) is 4.08. The molecule has 3 aromatic rings. The van der Waals surface area contributed by atoms with Gasteiger partial charge in [-0.3, -0.25) is 9.36 Å². The molecule has 130 valence electrons. The summed E-state index contributed by atoms with van der Waals surface area (Å²) in [6.45, 7) is 1.18. The van der Waals surface area contributed by atoms with E-state index in [-0.39, 0.29) is 23.2 Å². The molecular weight excluding hydrogens is 344 g/mol. The number of rotatable bonds is 5. The first-order valence-corrected chi connectivity index (χ1v) is 8.93. The molecule has 25 heavy (non-hydrogen) atoms. The molecule has 2 aromatic heterocycles. The highest BCUT2D eigenvalue weighted by molar-refractivity contribution is 7.98. The highest BCUT2D eigenvalue weighted by Gasteiger charge is 2.20. The lowest BCUT2D eigenvalue weighted by Crippen LogP contribution is -2.26. The lowest BCUT2D eigenvalue weighted by Gasteiger charge is -2.11. The number of hydrogen-bond donors (Lipinski definition) is 1. The second kappa shape index (κ2) is 6.81. The molecule has 1 saturated heterocycles. The monoisotopic (exact) mass is 360 g/mol. The second-order valence-electron chi connectivity index (χ2n) is 5.74. The molecule has 0 saturated carbocycles. The maximum Gasteiger partial charge on any atom is 0.344 e. The first kappa shape index (κ1) is 16.0. The van der Waals surface area contributed by atoms with Crippen molar-refractivity contribution >= 4 is 22.7 Å². The van der Waals surface area contributed by atoms with Crippen LogP contribution < -0.4 is 11.2 Å². The van der Waals surface area contributed by atoms with Gasteiger partial charge >= 0.3 is 5.69 Å². The third kappa shape index (κ3) is 3.22. The fourth-order valence-electron chi connectivity index (χ4n) is 2.79. The van der Waals surface area contributed by atoms with Gasteiger partial charge in [0.05, 0.1) is 23.9 Å². The molecule has 1 atom stereocenters. The molecule has 10 heteroatoms. The van der Waals surface area contributed by atoms with E-state index in [0.717, 1.165) is 19.4 Å². The second-order valence-corrected chi connectivity index (χ2v) is 6.65. The highest BCUT2D eigenvalue weighted by atomic mass is 32.2. The van der Waals surface area contributed by atoms with Crippen LogP contribution in [-0.4, -0.2) is 42.5 Å². The molecular formula is C15H16N6O3S. The molecule has 9 nitrogen and oxygen atoms in total. The molecule has 1 fully saturated rings. The van der Waals surface area contributed by atoms with E-state index >= 15 is 0 Å². The average molecular weight is 360 g/mol. The normalized spacial score (nSPS) is 17.4. The van der Waals surface area contributed by atoms with E-state index in [1.165, 1.54) is 16.4 Å². The number of fused-ring (bicyclic) bond motifs is 1. The van der Waals surface area contributed by atoms with Crippen LogP contribution in [0.5, 0.6) is 0 Å². The molecule has 0 radical (unpaired) electrons. The van der Waals surface area contributed by atoms with Crippen LogP contribution in [0.1, 0.15) is 12.8 Å². The lowest BCUT2D eigenvalue weighted by molar-refractivity contribution is 0.0941. The van der Waals surface area contributed by atoms with Crippen LogP contribution in [0.15, 0.2) is 39.0 Å². The van der Waals surface area contributed by atoms with Crippen molar-refractivity contribution in [2.75, 3.05) is 6.61 Å². The number of nitrogens with one attached hydrogen (secondary N) is 1. The van der Waals surface area contributed by atoms with Crippen molar-refractivity contribution in [3.63, 3.8) is 0 Å². The minimum atomic E-state index is -0.282. The number of ether oxygens (including phenoxy) is 1. The van der Waals surface area contributed by atoms with Gasteiger partial charge in [0.15, 0.2) is 5.16 Å². The van der Waals surface area contributed by atoms with Gasteiger partial charge in [-0.25, -0.2) is 9.89 Å². The summed E-state index contributed by atoms with van der Waals surface area (Å²) in [6.07, 6.45) is 1.96. The Kier molecular flexibility index (Phi) is 4.36. The zero-order valence-corrected chi connectivity index (χ0v) is 14.1. The number of benzene rings is 1. The molecule has 1 aliphatic heterocycles. The summed E-state index contributed by atoms with van der Waals surface area (Å²) in [7, 11) is 0. The van der Waals surface area contributed by atoms with E-state index in [2.05, 4.69) is 20.5 Å². The van der Waals surface area contributed by atoms with Gasteiger partial charge in [-0.05, 0) is 25.0 Å². The summed E-state index contributed by atoms with van der Waals surface area (Å²) in [5.74, 6) is 0.215. The largest absolute Gasteiger partial charge is 0.376 e. The predicted octanol–water partition coefficient (Wildman–Crippen LogP) is 0.605. The molecule has 1 N–H and O–H groups in total. The van der Waals surface area contributed by atoms with Gasteiger partial charge in [-0.2, -0.15) is 4.68 Å². The molecule has 1 aromatic carbocycles. The van der Waals surface area contributed by atoms with Gasteiger partial charge in [-0.1, -0.05) is 29.1 Å². The fourth-order valence-corrected chi connectivity index (χ4v) is 3.62. The summed E-state index contributed by atoms with van der Waals surface area (Å²) >= 11 is 1.25. The molecule has 3 heterocycles. The van der Waals surface area contributed by atoms with Gasteiger partial charge in [0.25, 0.3) is 5.56 Å². The van der Waals surface area contributed by atoms with E-state index in [1.807, 2.05) is 6.07 Å². The molecule has 0 aliphatic carbocycles. The van der Waals surface area contributed by atoms with E-state index in [0.29, 0.717) is 22.6 Å². The smallest absolute Gasteiger partial charge is 0.344 e. The molecule has 0 bridgehead atoms. The van der Waals surface area contributed by atoms with Crippen molar-refractivity contribution in [3.05, 3.63) is 45.1 Å². The van der Waals surface area contributed by atoms with Gasteiger partial charge in [0.2, 0.25) is 0 Å². The number of aromatic amines is 1. The summed E-state index contributed by atoms with van der Waals surface area (Å²) < 4.78 is 8.39. The summed E-state index contributed by atoms with van der Waals surface area (Å²) in [5, 5.41) is 15.5. The zero-order chi connectivity index (χ0) is 17.2. The first-order chi connectivity index (χ1) is 12.2. The Bertz CT molecular complexity index is 1000. The van der Waals surface area contributed by atoms with Crippen LogP contribution in [-0.2, 0) is 17.2 Å². The van der Waals surface area contributed by atoms with Crippen LogP contribution in [0.25, 0.3) is 10.9 Å². The average Bonchev–Trinajstić information content (AvgIpc) is 3.26.